The molecule has 3 aromatic rings. The number of aromatic nitrogens is 1. The predicted molar refractivity (Wildman–Crippen MR) is 78.2 cm³/mol. The van der Waals surface area contributed by atoms with E-state index in [9.17, 15) is 0 Å². The summed E-state index contributed by atoms with van der Waals surface area (Å²) in [5.41, 5.74) is 5.16. The molecule has 96 valence electrons. The zero-order valence-electron chi connectivity index (χ0n) is 10.7. The minimum absolute atomic E-state index is 0.740. The number of methoxy groups -OCH3 is 2. The summed E-state index contributed by atoms with van der Waals surface area (Å²) >= 11 is 1.65. The first-order chi connectivity index (χ1) is 9.31. The fourth-order valence-electron chi connectivity index (χ4n) is 2.05. The fraction of sp³-hybridized carbons (Fsp3) is 0.133. The van der Waals surface area contributed by atoms with Gasteiger partial charge in [-0.2, -0.15) is 0 Å². The monoisotopic (exact) mass is 271 g/mol. The fourth-order valence-corrected chi connectivity index (χ4v) is 2.77. The zero-order chi connectivity index (χ0) is 13.2. The van der Waals surface area contributed by atoms with Crippen molar-refractivity contribution in [2.75, 3.05) is 14.2 Å². The first-order valence-corrected chi connectivity index (χ1v) is 6.75. The lowest BCUT2D eigenvalue weighted by Gasteiger charge is -2.09. The van der Waals surface area contributed by atoms with Crippen LogP contribution in [0.2, 0.25) is 0 Å². The molecule has 0 aliphatic rings. The first kappa shape index (κ1) is 12.0. The zero-order valence-corrected chi connectivity index (χ0v) is 11.5. The van der Waals surface area contributed by atoms with Crippen LogP contribution >= 0.6 is 11.3 Å². The van der Waals surface area contributed by atoms with Crippen molar-refractivity contribution < 1.29 is 9.47 Å². The number of hydrogen-bond acceptors (Lipinski definition) is 4. The maximum Gasteiger partial charge on any atom is 0.161 e. The van der Waals surface area contributed by atoms with Crippen LogP contribution in [0.1, 0.15) is 0 Å². The van der Waals surface area contributed by atoms with Crippen molar-refractivity contribution in [2.24, 2.45) is 0 Å². The minimum atomic E-state index is 0.740. The lowest BCUT2D eigenvalue weighted by atomic mass is 10.0. The number of hydrogen-bond donors (Lipinski definition) is 0. The number of thiazole rings is 1. The highest BCUT2D eigenvalue weighted by Gasteiger charge is 2.07. The molecular weight excluding hydrogens is 258 g/mol. The second-order valence-corrected chi connectivity index (χ2v) is 4.99. The topological polar surface area (TPSA) is 31.4 Å². The van der Waals surface area contributed by atoms with Crippen molar-refractivity contribution in [1.29, 1.82) is 0 Å². The summed E-state index contributed by atoms with van der Waals surface area (Å²) in [7, 11) is 3.29. The molecule has 0 saturated carbocycles. The van der Waals surface area contributed by atoms with E-state index in [1.807, 2.05) is 29.8 Å². The van der Waals surface area contributed by atoms with Gasteiger partial charge in [0.25, 0.3) is 0 Å². The van der Waals surface area contributed by atoms with E-state index >= 15 is 0 Å². The molecule has 0 radical (unpaired) electrons. The third-order valence-corrected chi connectivity index (χ3v) is 3.84. The molecule has 0 aliphatic heterocycles. The summed E-state index contributed by atoms with van der Waals surface area (Å²) < 4.78 is 11.8. The molecule has 0 unspecified atom stereocenters. The van der Waals surface area contributed by atoms with Crippen LogP contribution in [0.3, 0.4) is 0 Å². The van der Waals surface area contributed by atoms with E-state index in [1.165, 1.54) is 4.70 Å². The molecule has 0 atom stereocenters. The summed E-state index contributed by atoms with van der Waals surface area (Å²) in [6.07, 6.45) is 0. The Morgan fingerprint density at radius 2 is 1.63 bits per heavy atom. The van der Waals surface area contributed by atoms with Gasteiger partial charge >= 0.3 is 0 Å². The van der Waals surface area contributed by atoms with E-state index in [0.717, 1.165) is 28.1 Å². The smallest absolute Gasteiger partial charge is 0.161 e. The molecule has 3 rings (SSSR count). The second-order valence-electron chi connectivity index (χ2n) is 4.10. The number of ether oxygens (including phenoxy) is 2. The van der Waals surface area contributed by atoms with Gasteiger partial charge in [0.15, 0.2) is 11.5 Å². The normalized spacial score (nSPS) is 10.6. The van der Waals surface area contributed by atoms with Gasteiger partial charge in [0.05, 0.1) is 29.9 Å². The number of benzene rings is 2. The molecule has 2 aromatic carbocycles. The Morgan fingerprint density at radius 1 is 0.895 bits per heavy atom. The molecule has 0 spiro atoms. The summed E-state index contributed by atoms with van der Waals surface area (Å²) in [5.74, 6) is 1.48. The van der Waals surface area contributed by atoms with E-state index < -0.39 is 0 Å². The summed E-state index contributed by atoms with van der Waals surface area (Å²) in [6, 6.07) is 12.2. The van der Waals surface area contributed by atoms with Crippen LogP contribution in [0, 0.1) is 0 Å². The molecule has 0 aliphatic carbocycles. The second kappa shape index (κ2) is 4.90. The van der Waals surface area contributed by atoms with Crippen molar-refractivity contribution >= 4 is 21.6 Å². The first-order valence-electron chi connectivity index (χ1n) is 5.87. The van der Waals surface area contributed by atoms with E-state index in [1.54, 1.807) is 25.6 Å². The highest BCUT2D eigenvalue weighted by Crippen LogP contribution is 2.33. The van der Waals surface area contributed by atoms with Crippen molar-refractivity contribution in [3.05, 3.63) is 41.9 Å². The average Bonchev–Trinajstić information content (AvgIpc) is 2.93. The summed E-state index contributed by atoms with van der Waals surface area (Å²) in [4.78, 5) is 4.29. The molecular formula is C15H13NO2S. The molecule has 0 amide bonds. The Morgan fingerprint density at radius 3 is 2.42 bits per heavy atom. The summed E-state index contributed by atoms with van der Waals surface area (Å²) in [5, 5.41) is 0. The Balaban J connectivity index is 2.09. The predicted octanol–water partition coefficient (Wildman–Crippen LogP) is 3.98. The molecule has 0 saturated heterocycles. The van der Waals surface area contributed by atoms with Crippen molar-refractivity contribution in [1.82, 2.24) is 4.98 Å². The van der Waals surface area contributed by atoms with Crippen molar-refractivity contribution in [2.45, 2.75) is 0 Å². The Hall–Kier alpha value is -2.07. The molecule has 1 heterocycles. The van der Waals surface area contributed by atoms with Crippen molar-refractivity contribution in [3.63, 3.8) is 0 Å². The van der Waals surface area contributed by atoms with Gasteiger partial charge in [-0.1, -0.05) is 12.1 Å². The van der Waals surface area contributed by atoms with Crippen LogP contribution in [0.15, 0.2) is 41.9 Å². The van der Waals surface area contributed by atoms with Gasteiger partial charge in [-0.15, -0.1) is 11.3 Å². The molecule has 0 bridgehead atoms. The number of rotatable bonds is 3. The molecule has 0 N–H and O–H groups in total. The molecule has 1 aromatic heterocycles. The quantitative estimate of drug-likeness (QED) is 0.722. The summed E-state index contributed by atoms with van der Waals surface area (Å²) in [6.45, 7) is 0. The largest absolute Gasteiger partial charge is 0.493 e. The lowest BCUT2D eigenvalue weighted by molar-refractivity contribution is 0.355. The highest BCUT2D eigenvalue weighted by atomic mass is 32.1. The van der Waals surface area contributed by atoms with Crippen LogP contribution in [-0.4, -0.2) is 19.2 Å². The maximum atomic E-state index is 5.34. The van der Waals surface area contributed by atoms with Gasteiger partial charge in [0.1, 0.15) is 0 Å². The van der Waals surface area contributed by atoms with E-state index in [4.69, 9.17) is 9.47 Å². The van der Waals surface area contributed by atoms with E-state index in [-0.39, 0.29) is 0 Å². The molecule has 19 heavy (non-hydrogen) atoms. The Labute approximate surface area is 115 Å². The van der Waals surface area contributed by atoms with Gasteiger partial charge < -0.3 is 9.47 Å². The standard InChI is InChI=1S/C15H13NO2S/c1-17-13-6-4-10(7-14(13)18-2)11-3-5-12-15(8-11)19-9-16-12/h3-9H,1-2H3. The van der Waals surface area contributed by atoms with Crippen LogP contribution < -0.4 is 9.47 Å². The van der Waals surface area contributed by atoms with Crippen LogP contribution in [0.5, 0.6) is 11.5 Å². The van der Waals surface area contributed by atoms with Crippen LogP contribution in [0.25, 0.3) is 21.3 Å². The Kier molecular flexibility index (Phi) is 3.09. The number of fused-ring (bicyclic) bond motifs is 1. The van der Waals surface area contributed by atoms with Crippen LogP contribution in [0.4, 0.5) is 0 Å². The van der Waals surface area contributed by atoms with Gasteiger partial charge in [0, 0.05) is 0 Å². The lowest BCUT2D eigenvalue weighted by Crippen LogP contribution is -1.90. The van der Waals surface area contributed by atoms with Crippen LogP contribution in [-0.2, 0) is 0 Å². The van der Waals surface area contributed by atoms with Gasteiger partial charge in [-0.25, -0.2) is 4.98 Å². The Bertz CT molecular complexity index is 721. The molecule has 4 heteroatoms. The third kappa shape index (κ3) is 2.15. The maximum absolute atomic E-state index is 5.34. The third-order valence-electron chi connectivity index (χ3n) is 3.05. The van der Waals surface area contributed by atoms with E-state index in [0.29, 0.717) is 0 Å². The van der Waals surface area contributed by atoms with E-state index in [2.05, 4.69) is 17.1 Å². The van der Waals surface area contributed by atoms with Gasteiger partial charge in [-0.05, 0) is 35.4 Å². The number of nitrogens with zero attached hydrogens (tertiary/aromatic N) is 1. The van der Waals surface area contributed by atoms with Gasteiger partial charge in [0.2, 0.25) is 0 Å². The minimum Gasteiger partial charge on any atom is -0.493 e. The molecule has 3 nitrogen and oxygen atoms in total. The van der Waals surface area contributed by atoms with Gasteiger partial charge in [-0.3, -0.25) is 0 Å². The average molecular weight is 271 g/mol. The molecule has 0 fully saturated rings. The highest BCUT2D eigenvalue weighted by molar-refractivity contribution is 7.16. The van der Waals surface area contributed by atoms with Crippen molar-refractivity contribution in [3.8, 4) is 22.6 Å². The SMILES string of the molecule is COc1ccc(-c2ccc3ncsc3c2)cc1OC.